The zero-order valence-electron chi connectivity index (χ0n) is 22.6. The maximum absolute atomic E-state index is 13.7. The van der Waals surface area contributed by atoms with Crippen molar-refractivity contribution < 1.29 is 14.3 Å². The van der Waals surface area contributed by atoms with Crippen molar-refractivity contribution in [1.29, 1.82) is 0 Å². The van der Waals surface area contributed by atoms with Crippen molar-refractivity contribution in [1.82, 2.24) is 9.91 Å². The number of nitrogens with zero attached hydrogens (tertiary/aromatic N) is 3. The second-order valence-corrected chi connectivity index (χ2v) is 10.4. The molecule has 0 radical (unpaired) electrons. The molecule has 3 aromatic rings. The first-order valence-corrected chi connectivity index (χ1v) is 13.5. The molecule has 0 bridgehead atoms. The van der Waals surface area contributed by atoms with Crippen LogP contribution in [-0.4, -0.2) is 55.4 Å². The van der Waals surface area contributed by atoms with Crippen molar-refractivity contribution in [3.05, 3.63) is 95.1 Å². The van der Waals surface area contributed by atoms with E-state index in [1.54, 1.807) is 19.2 Å². The Labute approximate surface area is 225 Å². The molecule has 0 aliphatic carbocycles. The minimum atomic E-state index is -0.123. The number of methoxy groups -OCH3 is 2. The molecule has 3 aromatic carbocycles. The van der Waals surface area contributed by atoms with Gasteiger partial charge in [0.05, 0.1) is 32.5 Å². The molecular weight excluding hydrogens is 474 g/mol. The van der Waals surface area contributed by atoms with Crippen LogP contribution in [-0.2, 0) is 11.2 Å². The molecule has 5 rings (SSSR count). The average Bonchev–Trinajstić information content (AvgIpc) is 3.40. The second kappa shape index (κ2) is 11.8. The summed E-state index contributed by atoms with van der Waals surface area (Å²) in [5, 5.41) is 6.60. The van der Waals surface area contributed by atoms with E-state index in [2.05, 4.69) is 66.4 Å². The van der Waals surface area contributed by atoms with Gasteiger partial charge in [-0.05, 0) is 74.5 Å². The maximum atomic E-state index is 13.7. The Morgan fingerprint density at radius 1 is 0.921 bits per heavy atom. The molecule has 1 saturated heterocycles. The number of rotatable bonds is 8. The molecule has 1 atom stereocenters. The van der Waals surface area contributed by atoms with E-state index in [0.717, 1.165) is 49.2 Å². The number of carbonyl (C=O) groups excluding carboxylic acids is 1. The Morgan fingerprint density at radius 2 is 1.63 bits per heavy atom. The molecule has 0 saturated carbocycles. The van der Waals surface area contributed by atoms with Crippen LogP contribution >= 0.6 is 0 Å². The van der Waals surface area contributed by atoms with E-state index in [0.29, 0.717) is 30.4 Å². The summed E-state index contributed by atoms with van der Waals surface area (Å²) < 4.78 is 10.9. The highest BCUT2D eigenvalue weighted by Crippen LogP contribution is 2.36. The summed E-state index contributed by atoms with van der Waals surface area (Å²) >= 11 is 0. The van der Waals surface area contributed by atoms with Gasteiger partial charge in [-0.25, -0.2) is 5.01 Å². The first kappa shape index (κ1) is 26.0. The van der Waals surface area contributed by atoms with Gasteiger partial charge in [-0.3, -0.25) is 9.69 Å². The van der Waals surface area contributed by atoms with Gasteiger partial charge in [0.2, 0.25) is 0 Å². The fourth-order valence-corrected chi connectivity index (χ4v) is 5.54. The third kappa shape index (κ3) is 5.91. The third-order valence-electron chi connectivity index (χ3n) is 7.78. The number of ether oxygens (including phenoxy) is 2. The largest absolute Gasteiger partial charge is 0.493 e. The standard InChI is InChI=1S/C32H37N3O3/c1-23-9-11-26(12-10-23)29-21-28(27-13-14-30(37-2)31(20-27)38-3)33-35(29)32(36)22-34-17-15-25(16-18-34)19-24-7-5-4-6-8-24/h4-14,20,25,29H,15-19,21-22H2,1-3H3/t29-/m1/s1. The van der Waals surface area contributed by atoms with Crippen molar-refractivity contribution in [2.24, 2.45) is 11.0 Å². The Balaban J connectivity index is 1.30. The summed E-state index contributed by atoms with van der Waals surface area (Å²) in [6, 6.07) is 24.8. The van der Waals surface area contributed by atoms with Crippen LogP contribution in [0.5, 0.6) is 11.5 Å². The summed E-state index contributed by atoms with van der Waals surface area (Å²) in [5.41, 5.74) is 5.52. The summed E-state index contributed by atoms with van der Waals surface area (Å²) in [4.78, 5) is 16.0. The number of hydrogen-bond donors (Lipinski definition) is 0. The quantitative estimate of drug-likeness (QED) is 0.393. The molecule has 38 heavy (non-hydrogen) atoms. The molecule has 0 unspecified atom stereocenters. The summed E-state index contributed by atoms with van der Waals surface area (Å²) in [7, 11) is 3.26. The number of likely N-dealkylation sites (tertiary alicyclic amines) is 1. The monoisotopic (exact) mass is 511 g/mol. The van der Waals surface area contributed by atoms with Crippen molar-refractivity contribution in [3.63, 3.8) is 0 Å². The van der Waals surface area contributed by atoms with Crippen molar-refractivity contribution >= 4 is 11.6 Å². The predicted molar refractivity (Wildman–Crippen MR) is 151 cm³/mol. The zero-order valence-corrected chi connectivity index (χ0v) is 22.6. The number of hydrogen-bond acceptors (Lipinski definition) is 5. The molecule has 0 N–H and O–H groups in total. The third-order valence-corrected chi connectivity index (χ3v) is 7.78. The van der Waals surface area contributed by atoms with Gasteiger partial charge in [-0.15, -0.1) is 0 Å². The molecule has 2 aliphatic rings. The lowest BCUT2D eigenvalue weighted by Gasteiger charge is -2.33. The highest BCUT2D eigenvalue weighted by Gasteiger charge is 2.34. The fraction of sp³-hybridized carbons (Fsp3) is 0.375. The highest BCUT2D eigenvalue weighted by atomic mass is 16.5. The summed E-state index contributed by atoms with van der Waals surface area (Å²) in [5.74, 6) is 2.05. The van der Waals surface area contributed by atoms with Crippen LogP contribution in [0.3, 0.4) is 0 Å². The van der Waals surface area contributed by atoms with Crippen LogP contribution in [0, 0.1) is 12.8 Å². The predicted octanol–water partition coefficient (Wildman–Crippen LogP) is 5.64. The smallest absolute Gasteiger partial charge is 0.257 e. The molecule has 1 fully saturated rings. The number of carbonyl (C=O) groups is 1. The van der Waals surface area contributed by atoms with Gasteiger partial charge >= 0.3 is 0 Å². The number of hydrazone groups is 1. The molecule has 1 amide bonds. The number of aryl methyl sites for hydroxylation is 1. The van der Waals surface area contributed by atoms with E-state index in [1.807, 2.05) is 18.2 Å². The molecule has 6 heteroatoms. The molecular formula is C32H37N3O3. The molecule has 6 nitrogen and oxygen atoms in total. The lowest BCUT2D eigenvalue weighted by Crippen LogP contribution is -2.42. The zero-order chi connectivity index (χ0) is 26.5. The highest BCUT2D eigenvalue weighted by molar-refractivity contribution is 6.03. The van der Waals surface area contributed by atoms with Crippen molar-refractivity contribution in [2.75, 3.05) is 33.9 Å². The summed E-state index contributed by atoms with van der Waals surface area (Å²) in [6.45, 7) is 4.36. The van der Waals surface area contributed by atoms with Gasteiger partial charge in [-0.1, -0.05) is 60.2 Å². The van der Waals surface area contributed by atoms with Gasteiger partial charge < -0.3 is 9.47 Å². The van der Waals surface area contributed by atoms with Gasteiger partial charge in [0.1, 0.15) is 0 Å². The van der Waals surface area contributed by atoms with E-state index in [1.165, 1.54) is 11.1 Å². The number of benzene rings is 3. The van der Waals surface area contributed by atoms with Gasteiger partial charge in [-0.2, -0.15) is 5.10 Å². The van der Waals surface area contributed by atoms with E-state index < -0.39 is 0 Å². The Kier molecular flexibility index (Phi) is 8.08. The molecule has 2 aliphatic heterocycles. The summed E-state index contributed by atoms with van der Waals surface area (Å²) in [6.07, 6.45) is 4.00. The molecule has 0 spiro atoms. The molecule has 0 aromatic heterocycles. The Hall–Kier alpha value is -3.64. The second-order valence-electron chi connectivity index (χ2n) is 10.4. The van der Waals surface area contributed by atoms with Crippen LogP contribution in [0.15, 0.2) is 77.9 Å². The minimum Gasteiger partial charge on any atom is -0.493 e. The molecule has 2 heterocycles. The fourth-order valence-electron chi connectivity index (χ4n) is 5.54. The average molecular weight is 512 g/mol. The number of piperidine rings is 1. The maximum Gasteiger partial charge on any atom is 0.257 e. The normalized spacial score (nSPS) is 18.3. The van der Waals surface area contributed by atoms with E-state index in [4.69, 9.17) is 14.6 Å². The van der Waals surface area contributed by atoms with Crippen molar-refractivity contribution in [3.8, 4) is 11.5 Å². The lowest BCUT2D eigenvalue weighted by molar-refractivity contribution is -0.134. The topological polar surface area (TPSA) is 54.4 Å². The van der Waals surface area contributed by atoms with Gasteiger partial charge in [0, 0.05) is 12.0 Å². The Bertz CT molecular complexity index is 1260. The van der Waals surface area contributed by atoms with E-state index >= 15 is 0 Å². The van der Waals surface area contributed by atoms with E-state index in [9.17, 15) is 4.79 Å². The van der Waals surface area contributed by atoms with Crippen LogP contribution in [0.2, 0.25) is 0 Å². The van der Waals surface area contributed by atoms with Gasteiger partial charge in [0.25, 0.3) is 5.91 Å². The first-order valence-electron chi connectivity index (χ1n) is 13.5. The van der Waals surface area contributed by atoms with Gasteiger partial charge in [0.15, 0.2) is 11.5 Å². The SMILES string of the molecule is COc1ccc(C2=NN(C(=O)CN3CCC(Cc4ccccc4)CC3)[C@@H](c3ccc(C)cc3)C2)cc1OC. The number of amides is 1. The van der Waals surface area contributed by atoms with Crippen LogP contribution in [0.4, 0.5) is 0 Å². The van der Waals surface area contributed by atoms with E-state index in [-0.39, 0.29) is 11.9 Å². The van der Waals surface area contributed by atoms with Crippen molar-refractivity contribution in [2.45, 2.75) is 38.6 Å². The van der Waals surface area contributed by atoms with Crippen LogP contribution in [0.25, 0.3) is 0 Å². The van der Waals surface area contributed by atoms with Crippen LogP contribution in [0.1, 0.15) is 47.6 Å². The van der Waals surface area contributed by atoms with Crippen LogP contribution < -0.4 is 9.47 Å². The molecule has 198 valence electrons. The lowest BCUT2D eigenvalue weighted by atomic mass is 9.90. The Morgan fingerprint density at radius 3 is 2.32 bits per heavy atom. The minimum absolute atomic E-state index is 0.0487. The first-order chi connectivity index (χ1) is 18.5.